The second kappa shape index (κ2) is 8.57. The molecule has 1 aliphatic rings. The van der Waals surface area contributed by atoms with Gasteiger partial charge in [-0.05, 0) is 17.9 Å². The number of carbonyl (C=O) groups excluding carboxylic acids is 1. The first-order valence-electron chi connectivity index (χ1n) is 9.85. The lowest BCUT2D eigenvalue weighted by Gasteiger charge is -2.39. The summed E-state index contributed by atoms with van der Waals surface area (Å²) in [6, 6.07) is 9.69. The fourth-order valence-corrected chi connectivity index (χ4v) is 3.56. The van der Waals surface area contributed by atoms with Gasteiger partial charge in [-0.3, -0.25) is 9.89 Å². The average molecular weight is 370 g/mol. The third-order valence-corrected chi connectivity index (χ3v) is 5.17. The van der Waals surface area contributed by atoms with Crippen molar-refractivity contribution >= 4 is 11.7 Å². The molecule has 1 aromatic heterocycles. The minimum absolute atomic E-state index is 0.0463. The summed E-state index contributed by atoms with van der Waals surface area (Å²) in [5.41, 5.74) is 8.10. The van der Waals surface area contributed by atoms with Crippen LogP contribution in [0.5, 0.6) is 0 Å². The molecular formula is C21H30N4O2. The molecule has 146 valence electrons. The third kappa shape index (κ3) is 4.33. The SMILES string of the molecule is CCCC[C@@H]1CN(C(=O)c2[nH]nc(N)c2-c2ccccc2)C[C@H](C(C)C)O1. The number of nitrogen functional groups attached to an aromatic ring is 1. The average Bonchev–Trinajstić information content (AvgIpc) is 3.07. The van der Waals surface area contributed by atoms with Gasteiger partial charge in [-0.2, -0.15) is 5.10 Å². The van der Waals surface area contributed by atoms with Crippen LogP contribution >= 0.6 is 0 Å². The quantitative estimate of drug-likeness (QED) is 0.812. The molecule has 1 aromatic carbocycles. The molecule has 0 radical (unpaired) electrons. The van der Waals surface area contributed by atoms with Crippen molar-refractivity contribution in [1.82, 2.24) is 15.1 Å². The number of anilines is 1. The molecule has 0 aliphatic carbocycles. The van der Waals surface area contributed by atoms with E-state index >= 15 is 0 Å². The molecule has 0 unspecified atom stereocenters. The lowest BCUT2D eigenvalue weighted by molar-refractivity contribution is -0.0963. The molecule has 1 fully saturated rings. The number of amides is 1. The smallest absolute Gasteiger partial charge is 0.272 e. The number of morpholine rings is 1. The van der Waals surface area contributed by atoms with Crippen LogP contribution in [-0.4, -0.2) is 46.3 Å². The number of aromatic amines is 1. The van der Waals surface area contributed by atoms with Crippen molar-refractivity contribution in [2.24, 2.45) is 5.92 Å². The molecule has 1 aliphatic heterocycles. The van der Waals surface area contributed by atoms with Crippen LogP contribution in [0.2, 0.25) is 0 Å². The van der Waals surface area contributed by atoms with E-state index in [2.05, 4.69) is 31.0 Å². The van der Waals surface area contributed by atoms with Gasteiger partial charge in [0.1, 0.15) is 5.69 Å². The van der Waals surface area contributed by atoms with E-state index in [-0.39, 0.29) is 18.1 Å². The summed E-state index contributed by atoms with van der Waals surface area (Å²) in [6.45, 7) is 7.64. The summed E-state index contributed by atoms with van der Waals surface area (Å²) in [5, 5.41) is 6.97. The van der Waals surface area contributed by atoms with E-state index in [1.807, 2.05) is 35.2 Å². The van der Waals surface area contributed by atoms with Gasteiger partial charge in [0.15, 0.2) is 5.82 Å². The highest BCUT2D eigenvalue weighted by Gasteiger charge is 2.34. The number of nitrogens with two attached hydrogens (primary N) is 1. The Hall–Kier alpha value is -2.34. The summed E-state index contributed by atoms with van der Waals surface area (Å²) in [5.74, 6) is 0.638. The monoisotopic (exact) mass is 370 g/mol. The third-order valence-electron chi connectivity index (χ3n) is 5.17. The zero-order valence-corrected chi connectivity index (χ0v) is 16.4. The van der Waals surface area contributed by atoms with Crippen LogP contribution < -0.4 is 5.73 Å². The predicted octanol–water partition coefficient (Wildman–Crippen LogP) is 3.71. The van der Waals surface area contributed by atoms with Crippen molar-refractivity contribution in [3.05, 3.63) is 36.0 Å². The van der Waals surface area contributed by atoms with Gasteiger partial charge in [-0.25, -0.2) is 0 Å². The number of nitrogens with one attached hydrogen (secondary N) is 1. The number of nitrogens with zero attached hydrogens (tertiary/aromatic N) is 2. The van der Waals surface area contributed by atoms with E-state index in [9.17, 15) is 4.79 Å². The van der Waals surface area contributed by atoms with Crippen molar-refractivity contribution in [3.63, 3.8) is 0 Å². The maximum atomic E-state index is 13.3. The number of rotatable bonds is 6. The molecule has 0 spiro atoms. The van der Waals surface area contributed by atoms with Gasteiger partial charge in [0.2, 0.25) is 0 Å². The minimum Gasteiger partial charge on any atom is -0.382 e. The van der Waals surface area contributed by atoms with Crippen molar-refractivity contribution in [2.45, 2.75) is 52.2 Å². The molecule has 27 heavy (non-hydrogen) atoms. The van der Waals surface area contributed by atoms with Crippen molar-refractivity contribution in [3.8, 4) is 11.1 Å². The number of unbranched alkanes of at least 4 members (excludes halogenated alkanes) is 1. The highest BCUT2D eigenvalue weighted by molar-refractivity contribution is 6.01. The Morgan fingerprint density at radius 2 is 2.07 bits per heavy atom. The zero-order valence-electron chi connectivity index (χ0n) is 16.4. The van der Waals surface area contributed by atoms with Gasteiger partial charge >= 0.3 is 0 Å². The van der Waals surface area contributed by atoms with Crippen molar-refractivity contribution in [1.29, 1.82) is 0 Å². The second-order valence-electron chi connectivity index (χ2n) is 7.62. The summed E-state index contributed by atoms with van der Waals surface area (Å²) in [6.07, 6.45) is 3.32. The Bertz CT molecular complexity index is 757. The first kappa shape index (κ1) is 19.4. The largest absolute Gasteiger partial charge is 0.382 e. The Labute approximate surface area is 161 Å². The molecule has 2 heterocycles. The van der Waals surface area contributed by atoms with Crippen LogP contribution in [0.25, 0.3) is 11.1 Å². The minimum atomic E-state index is -0.0616. The number of ether oxygens (including phenoxy) is 1. The maximum Gasteiger partial charge on any atom is 0.272 e. The Kier molecular flexibility index (Phi) is 6.16. The first-order chi connectivity index (χ1) is 13.0. The van der Waals surface area contributed by atoms with E-state index in [0.29, 0.717) is 36.1 Å². The number of H-pyrrole nitrogens is 1. The van der Waals surface area contributed by atoms with Gasteiger partial charge in [0.25, 0.3) is 5.91 Å². The van der Waals surface area contributed by atoms with Crippen LogP contribution in [0.3, 0.4) is 0 Å². The van der Waals surface area contributed by atoms with Crippen LogP contribution in [0, 0.1) is 5.92 Å². The van der Waals surface area contributed by atoms with Crippen LogP contribution in [0.4, 0.5) is 5.82 Å². The van der Waals surface area contributed by atoms with E-state index < -0.39 is 0 Å². The molecule has 1 saturated heterocycles. The zero-order chi connectivity index (χ0) is 19.4. The predicted molar refractivity (Wildman–Crippen MR) is 107 cm³/mol. The highest BCUT2D eigenvalue weighted by Crippen LogP contribution is 2.30. The van der Waals surface area contributed by atoms with E-state index in [4.69, 9.17) is 10.5 Å². The topological polar surface area (TPSA) is 84.2 Å². The fourth-order valence-electron chi connectivity index (χ4n) is 3.56. The summed E-state index contributed by atoms with van der Waals surface area (Å²) in [7, 11) is 0. The lowest BCUT2D eigenvalue weighted by atomic mass is 10.0. The number of carbonyl (C=O) groups is 1. The van der Waals surface area contributed by atoms with Crippen molar-refractivity contribution in [2.75, 3.05) is 18.8 Å². The Balaban J connectivity index is 1.86. The lowest BCUT2D eigenvalue weighted by Crippen LogP contribution is -2.51. The number of hydrogen-bond donors (Lipinski definition) is 2. The molecule has 1 amide bonds. The maximum absolute atomic E-state index is 13.3. The van der Waals surface area contributed by atoms with Crippen molar-refractivity contribution < 1.29 is 9.53 Å². The summed E-state index contributed by atoms with van der Waals surface area (Å²) in [4.78, 5) is 15.2. The summed E-state index contributed by atoms with van der Waals surface area (Å²) >= 11 is 0. The number of benzene rings is 1. The van der Waals surface area contributed by atoms with Gasteiger partial charge in [-0.1, -0.05) is 63.9 Å². The summed E-state index contributed by atoms with van der Waals surface area (Å²) < 4.78 is 6.24. The molecular weight excluding hydrogens is 340 g/mol. The molecule has 3 rings (SSSR count). The molecule has 0 bridgehead atoms. The molecule has 3 N–H and O–H groups in total. The molecule has 6 heteroatoms. The standard InChI is InChI=1S/C21H30N4O2/c1-4-5-11-16-12-25(13-17(27-16)14(2)3)21(26)19-18(20(22)24-23-19)15-9-7-6-8-10-15/h6-10,14,16-17H,4-5,11-13H2,1-3H3,(H3,22,23,24)/t16-,17-/m1/s1. The fraction of sp³-hybridized carbons (Fsp3) is 0.524. The van der Waals surface area contributed by atoms with E-state index in [1.165, 1.54) is 0 Å². The van der Waals surface area contributed by atoms with Gasteiger partial charge in [-0.15, -0.1) is 0 Å². The Morgan fingerprint density at radius 1 is 1.33 bits per heavy atom. The van der Waals surface area contributed by atoms with Crippen LogP contribution in [0.1, 0.15) is 50.5 Å². The van der Waals surface area contributed by atoms with Crippen LogP contribution in [0.15, 0.2) is 30.3 Å². The number of hydrogen-bond acceptors (Lipinski definition) is 4. The normalized spacial score (nSPS) is 20.2. The Morgan fingerprint density at radius 3 is 2.74 bits per heavy atom. The number of aromatic nitrogens is 2. The van der Waals surface area contributed by atoms with E-state index in [0.717, 1.165) is 24.8 Å². The molecule has 0 saturated carbocycles. The van der Waals surface area contributed by atoms with E-state index in [1.54, 1.807) is 0 Å². The molecule has 6 nitrogen and oxygen atoms in total. The first-order valence-corrected chi connectivity index (χ1v) is 9.85. The second-order valence-corrected chi connectivity index (χ2v) is 7.62. The molecule has 2 aromatic rings. The van der Waals surface area contributed by atoms with Gasteiger partial charge < -0.3 is 15.4 Å². The molecule has 2 atom stereocenters. The van der Waals surface area contributed by atoms with Crippen LogP contribution in [-0.2, 0) is 4.74 Å². The van der Waals surface area contributed by atoms with Gasteiger partial charge in [0.05, 0.1) is 17.8 Å². The van der Waals surface area contributed by atoms with Gasteiger partial charge in [0, 0.05) is 13.1 Å². The highest BCUT2D eigenvalue weighted by atomic mass is 16.5.